The van der Waals surface area contributed by atoms with E-state index < -0.39 is 23.1 Å². The van der Waals surface area contributed by atoms with Crippen molar-refractivity contribution in [3.63, 3.8) is 0 Å². The van der Waals surface area contributed by atoms with Gasteiger partial charge >= 0.3 is 6.09 Å². The average molecular weight is 398 g/mol. The zero-order valence-electron chi connectivity index (χ0n) is 15.8. The highest BCUT2D eigenvalue weighted by atomic mass is 35.5. The summed E-state index contributed by atoms with van der Waals surface area (Å²) in [6.45, 7) is 5.36. The van der Waals surface area contributed by atoms with Crippen molar-refractivity contribution in [2.75, 3.05) is 4.90 Å². The van der Waals surface area contributed by atoms with Crippen LogP contribution in [-0.4, -0.2) is 17.6 Å². The maximum Gasteiger partial charge on any atom is 0.409 e. The Kier molecular flexibility index (Phi) is 5.05. The monoisotopic (exact) mass is 397 g/mol. The van der Waals surface area contributed by atoms with Crippen molar-refractivity contribution in [1.29, 1.82) is 5.26 Å². The van der Waals surface area contributed by atoms with Crippen LogP contribution in [0.1, 0.15) is 31.9 Å². The van der Waals surface area contributed by atoms with E-state index in [1.165, 1.54) is 4.90 Å². The number of ether oxygens (including phenoxy) is 1. The maximum absolute atomic E-state index is 13.3. The lowest BCUT2D eigenvalue weighted by molar-refractivity contribution is -0.122. The van der Waals surface area contributed by atoms with E-state index in [-0.39, 0.29) is 6.54 Å². The molecule has 1 aliphatic heterocycles. The van der Waals surface area contributed by atoms with Crippen molar-refractivity contribution in [1.82, 2.24) is 5.32 Å². The molecule has 1 atom stereocenters. The van der Waals surface area contributed by atoms with E-state index in [9.17, 15) is 14.9 Å². The van der Waals surface area contributed by atoms with Crippen molar-refractivity contribution in [2.24, 2.45) is 0 Å². The molecule has 1 aliphatic rings. The molecule has 3 rings (SSSR count). The van der Waals surface area contributed by atoms with E-state index in [2.05, 4.69) is 5.32 Å². The number of carbonyl (C=O) groups excluding carboxylic acids is 2. The standard InChI is InChI=1S/C21H20ClN3O3/c1-20(2,3)28-19(27)24-21(13-23)16-10-9-15(22)11-17(16)25(18(21)26)12-14-7-5-4-6-8-14/h4-11H,12H2,1-3H3,(H,24,27)/t21-/m0/s1. The zero-order valence-corrected chi connectivity index (χ0v) is 16.6. The lowest BCUT2D eigenvalue weighted by Gasteiger charge is -2.26. The highest BCUT2D eigenvalue weighted by Crippen LogP contribution is 2.42. The lowest BCUT2D eigenvalue weighted by Crippen LogP contribution is -2.53. The van der Waals surface area contributed by atoms with Crippen LogP contribution in [0.4, 0.5) is 10.5 Å². The topological polar surface area (TPSA) is 82.4 Å². The Morgan fingerprint density at radius 1 is 1.25 bits per heavy atom. The van der Waals surface area contributed by atoms with Gasteiger partial charge in [-0.2, -0.15) is 5.26 Å². The number of hydrogen-bond acceptors (Lipinski definition) is 4. The van der Waals surface area contributed by atoms with Gasteiger partial charge in [0.2, 0.25) is 5.54 Å². The maximum atomic E-state index is 13.3. The number of fused-ring (bicyclic) bond motifs is 1. The lowest BCUT2D eigenvalue weighted by atomic mass is 9.93. The summed E-state index contributed by atoms with van der Waals surface area (Å²) >= 11 is 6.14. The molecule has 2 aromatic rings. The molecule has 0 fully saturated rings. The zero-order chi connectivity index (χ0) is 20.5. The summed E-state index contributed by atoms with van der Waals surface area (Å²) in [4.78, 5) is 27.2. The predicted octanol–water partition coefficient (Wildman–Crippen LogP) is 4.13. The van der Waals surface area contributed by atoms with Crippen LogP contribution in [0.5, 0.6) is 0 Å². The van der Waals surface area contributed by atoms with Gasteiger partial charge in [-0.05, 0) is 38.5 Å². The van der Waals surface area contributed by atoms with Crippen LogP contribution in [0.25, 0.3) is 0 Å². The minimum absolute atomic E-state index is 0.243. The quantitative estimate of drug-likeness (QED) is 0.844. The Balaban J connectivity index is 2.03. The number of hydrogen-bond donors (Lipinski definition) is 1. The molecule has 2 amide bonds. The highest BCUT2D eigenvalue weighted by Gasteiger charge is 2.53. The van der Waals surface area contributed by atoms with Crippen LogP contribution in [0.15, 0.2) is 48.5 Å². The first-order valence-electron chi connectivity index (χ1n) is 8.74. The van der Waals surface area contributed by atoms with Crippen LogP contribution in [0, 0.1) is 11.3 Å². The first kappa shape index (κ1) is 19.7. The Labute approximate surface area is 168 Å². The van der Waals surface area contributed by atoms with E-state index in [0.717, 1.165) is 5.56 Å². The second-order valence-corrected chi connectivity index (χ2v) is 7.96. The summed E-state index contributed by atoms with van der Waals surface area (Å²) in [6.07, 6.45) is -0.843. The molecule has 0 unspecified atom stereocenters. The molecular formula is C21H20ClN3O3. The number of nitrogens with one attached hydrogen (secondary N) is 1. The molecule has 2 aromatic carbocycles. The van der Waals surface area contributed by atoms with Gasteiger partial charge in [-0.3, -0.25) is 10.1 Å². The molecule has 0 aromatic heterocycles. The van der Waals surface area contributed by atoms with Gasteiger partial charge in [-0.1, -0.05) is 48.0 Å². The van der Waals surface area contributed by atoms with Gasteiger partial charge in [0.15, 0.2) is 0 Å². The third kappa shape index (κ3) is 3.67. The third-order valence-corrected chi connectivity index (χ3v) is 4.50. The first-order chi connectivity index (χ1) is 13.2. The van der Waals surface area contributed by atoms with E-state index in [0.29, 0.717) is 16.3 Å². The minimum Gasteiger partial charge on any atom is -0.444 e. The number of nitriles is 1. The first-order valence-corrected chi connectivity index (χ1v) is 9.12. The Morgan fingerprint density at radius 2 is 1.93 bits per heavy atom. The number of nitrogens with zero attached hydrogens (tertiary/aromatic N) is 2. The summed E-state index contributed by atoms with van der Waals surface area (Å²) < 4.78 is 5.27. The Morgan fingerprint density at radius 3 is 2.54 bits per heavy atom. The number of carbonyl (C=O) groups is 2. The fourth-order valence-electron chi connectivity index (χ4n) is 3.11. The highest BCUT2D eigenvalue weighted by molar-refractivity contribution is 6.31. The molecule has 0 radical (unpaired) electrons. The van der Waals surface area contributed by atoms with Crippen LogP contribution in [0.3, 0.4) is 0 Å². The summed E-state index contributed by atoms with van der Waals surface area (Å²) in [5.41, 5.74) is -0.913. The molecule has 0 saturated carbocycles. The molecule has 0 aliphatic carbocycles. The van der Waals surface area contributed by atoms with Gasteiger partial charge in [-0.15, -0.1) is 0 Å². The summed E-state index contributed by atoms with van der Waals surface area (Å²) in [6, 6.07) is 16.1. The Bertz CT molecular complexity index is 963. The molecule has 144 valence electrons. The molecule has 0 saturated heterocycles. The Hall–Kier alpha value is -3.04. The van der Waals surface area contributed by atoms with Gasteiger partial charge in [0, 0.05) is 10.6 Å². The fraction of sp³-hybridized carbons (Fsp3) is 0.286. The van der Waals surface area contributed by atoms with E-state index >= 15 is 0 Å². The number of benzene rings is 2. The number of rotatable bonds is 3. The van der Waals surface area contributed by atoms with E-state index in [1.54, 1.807) is 39.0 Å². The molecule has 28 heavy (non-hydrogen) atoms. The number of alkyl carbamates (subject to hydrolysis) is 1. The summed E-state index contributed by atoms with van der Waals surface area (Å²) in [5.74, 6) is -0.554. The third-order valence-electron chi connectivity index (χ3n) is 4.26. The molecular weight excluding hydrogens is 378 g/mol. The van der Waals surface area contributed by atoms with Crippen LogP contribution in [0.2, 0.25) is 5.02 Å². The molecule has 6 nitrogen and oxygen atoms in total. The second-order valence-electron chi connectivity index (χ2n) is 7.53. The fourth-order valence-corrected chi connectivity index (χ4v) is 3.28. The van der Waals surface area contributed by atoms with E-state index in [1.807, 2.05) is 36.4 Å². The van der Waals surface area contributed by atoms with Crippen molar-refractivity contribution >= 4 is 29.3 Å². The molecule has 7 heteroatoms. The number of amides is 2. The predicted molar refractivity (Wildman–Crippen MR) is 106 cm³/mol. The largest absolute Gasteiger partial charge is 0.444 e. The molecule has 0 bridgehead atoms. The van der Waals surface area contributed by atoms with Crippen molar-refractivity contribution in [3.8, 4) is 6.07 Å². The van der Waals surface area contributed by atoms with Crippen LogP contribution < -0.4 is 10.2 Å². The molecule has 0 spiro atoms. The number of anilines is 1. The van der Waals surface area contributed by atoms with Gasteiger partial charge in [0.1, 0.15) is 11.7 Å². The normalized spacial score (nSPS) is 18.4. The molecule has 1 N–H and O–H groups in total. The smallest absolute Gasteiger partial charge is 0.409 e. The van der Waals surface area contributed by atoms with Crippen molar-refractivity contribution < 1.29 is 14.3 Å². The van der Waals surface area contributed by atoms with Crippen LogP contribution >= 0.6 is 11.6 Å². The van der Waals surface area contributed by atoms with E-state index in [4.69, 9.17) is 16.3 Å². The van der Waals surface area contributed by atoms with Gasteiger partial charge in [0.25, 0.3) is 5.91 Å². The van der Waals surface area contributed by atoms with Crippen molar-refractivity contribution in [3.05, 3.63) is 64.7 Å². The average Bonchev–Trinajstić information content (AvgIpc) is 2.83. The summed E-state index contributed by atoms with van der Waals surface area (Å²) in [5, 5.41) is 12.8. The SMILES string of the molecule is CC(C)(C)OC(=O)N[C@]1(C#N)C(=O)N(Cc2ccccc2)c2cc(Cl)ccc21. The second kappa shape index (κ2) is 7.17. The summed E-state index contributed by atoms with van der Waals surface area (Å²) in [7, 11) is 0. The number of halogens is 1. The molecule has 1 heterocycles. The minimum atomic E-state index is -1.88. The van der Waals surface area contributed by atoms with Gasteiger partial charge < -0.3 is 9.64 Å². The van der Waals surface area contributed by atoms with Gasteiger partial charge in [-0.25, -0.2) is 4.79 Å². The van der Waals surface area contributed by atoms with Crippen molar-refractivity contribution in [2.45, 2.75) is 38.5 Å². The van der Waals surface area contributed by atoms with Gasteiger partial charge in [0.05, 0.1) is 12.2 Å². The van der Waals surface area contributed by atoms with Crippen LogP contribution in [-0.2, 0) is 21.6 Å².